The maximum atomic E-state index is 12.5. The van der Waals surface area contributed by atoms with Gasteiger partial charge >= 0.3 is 0 Å². The number of pyridine rings is 1. The molecule has 146 valence electrons. The molecule has 1 aromatic heterocycles. The first-order chi connectivity index (χ1) is 14.0. The minimum absolute atomic E-state index is 0.161. The number of hydrogen-bond acceptors (Lipinski definition) is 4. The Morgan fingerprint density at radius 3 is 2.59 bits per heavy atom. The van der Waals surface area contributed by atoms with Gasteiger partial charge in [-0.15, -0.1) is 12.6 Å². The number of thiol groups is 1. The predicted molar refractivity (Wildman–Crippen MR) is 123 cm³/mol. The average Bonchev–Trinajstić information content (AvgIpc) is 2.74. The van der Waals surface area contributed by atoms with Crippen LogP contribution in [-0.4, -0.2) is 18.0 Å². The highest BCUT2D eigenvalue weighted by atomic mass is 32.1. The van der Waals surface area contributed by atoms with Crippen molar-refractivity contribution in [3.8, 4) is 16.9 Å². The molecule has 1 amide bonds. The molecule has 0 aliphatic carbocycles. The predicted octanol–water partition coefficient (Wildman–Crippen LogP) is 5.77. The number of aromatic nitrogens is 1. The third-order valence-corrected chi connectivity index (χ3v) is 4.90. The van der Waals surface area contributed by atoms with Crippen LogP contribution in [0, 0.1) is 6.92 Å². The number of nitrogens with one attached hydrogen (secondary N) is 1. The molecular formula is C24H22N2O2S. The number of ether oxygens (including phenoxy) is 1. The number of aryl methyl sites for hydroxylation is 1. The van der Waals surface area contributed by atoms with Crippen LogP contribution < -0.4 is 10.1 Å². The molecule has 0 atom stereocenters. The minimum Gasteiger partial charge on any atom is -0.496 e. The molecule has 0 unspecified atom stereocenters. The number of carbonyl (C=O) groups is 1. The molecule has 29 heavy (non-hydrogen) atoms. The maximum Gasteiger partial charge on any atom is 0.256 e. The van der Waals surface area contributed by atoms with Crippen molar-refractivity contribution in [2.24, 2.45) is 0 Å². The Morgan fingerprint density at radius 1 is 1.17 bits per heavy atom. The van der Waals surface area contributed by atoms with Gasteiger partial charge in [0.2, 0.25) is 0 Å². The first-order valence-corrected chi connectivity index (χ1v) is 9.50. The first-order valence-electron chi connectivity index (χ1n) is 9.06. The van der Waals surface area contributed by atoms with E-state index >= 15 is 0 Å². The molecule has 3 rings (SSSR count). The summed E-state index contributed by atoms with van der Waals surface area (Å²) in [4.78, 5) is 17.3. The van der Waals surface area contributed by atoms with E-state index in [0.717, 1.165) is 32.9 Å². The first kappa shape index (κ1) is 20.4. The summed E-state index contributed by atoms with van der Waals surface area (Å²) >= 11 is 4.52. The van der Waals surface area contributed by atoms with Crippen molar-refractivity contribution >= 4 is 29.1 Å². The van der Waals surface area contributed by atoms with Crippen LogP contribution in [0.15, 0.2) is 79.7 Å². The fourth-order valence-electron chi connectivity index (χ4n) is 2.96. The molecule has 0 bridgehead atoms. The summed E-state index contributed by atoms with van der Waals surface area (Å²) in [7, 11) is 1.64. The minimum atomic E-state index is -0.161. The lowest BCUT2D eigenvalue weighted by atomic mass is 10.0. The van der Waals surface area contributed by atoms with Gasteiger partial charge in [0, 0.05) is 34.1 Å². The monoisotopic (exact) mass is 402 g/mol. The number of benzene rings is 2. The highest BCUT2D eigenvalue weighted by Crippen LogP contribution is 2.34. The standard InChI is InChI=1S/C24H22N2O2S/c1-4-5-23(29)18-8-11-22(28-3)21(14-18)17-6-9-19(10-7-17)26-24(27)20-12-13-25-15-16(20)2/h4-15,29H,1H2,2-3H3,(H,26,27)/b23-5-. The summed E-state index contributed by atoms with van der Waals surface area (Å²) in [5.41, 5.74) is 5.03. The number of nitrogens with zero attached hydrogens (tertiary/aromatic N) is 1. The molecule has 0 saturated heterocycles. The zero-order valence-corrected chi connectivity index (χ0v) is 17.2. The van der Waals surface area contributed by atoms with E-state index in [9.17, 15) is 4.79 Å². The van der Waals surface area contributed by atoms with E-state index in [1.165, 1.54) is 0 Å². The number of carbonyl (C=O) groups excluding carboxylic acids is 1. The number of methoxy groups -OCH3 is 1. The van der Waals surface area contributed by atoms with E-state index < -0.39 is 0 Å². The van der Waals surface area contributed by atoms with E-state index in [1.54, 1.807) is 31.6 Å². The summed E-state index contributed by atoms with van der Waals surface area (Å²) in [5, 5.41) is 2.92. The maximum absolute atomic E-state index is 12.5. The second-order valence-corrected chi connectivity index (χ2v) is 6.91. The van der Waals surface area contributed by atoms with Crippen molar-refractivity contribution in [3.63, 3.8) is 0 Å². The Balaban J connectivity index is 1.87. The molecule has 0 saturated carbocycles. The third-order valence-electron chi connectivity index (χ3n) is 4.49. The van der Waals surface area contributed by atoms with Crippen LogP contribution in [0.2, 0.25) is 0 Å². The highest BCUT2D eigenvalue weighted by Gasteiger charge is 2.11. The third kappa shape index (κ3) is 4.76. The van der Waals surface area contributed by atoms with Crippen LogP contribution in [0.25, 0.3) is 16.0 Å². The molecule has 4 nitrogen and oxygen atoms in total. The van der Waals surface area contributed by atoms with Gasteiger partial charge in [0.1, 0.15) is 5.75 Å². The Labute approximate surface area is 176 Å². The zero-order chi connectivity index (χ0) is 20.8. The topological polar surface area (TPSA) is 51.2 Å². The highest BCUT2D eigenvalue weighted by molar-refractivity contribution is 7.90. The van der Waals surface area contributed by atoms with Gasteiger partial charge in [-0.05, 0) is 60.0 Å². The van der Waals surface area contributed by atoms with Crippen LogP contribution >= 0.6 is 12.6 Å². The molecule has 0 fully saturated rings. The van der Waals surface area contributed by atoms with Gasteiger partial charge in [0.15, 0.2) is 0 Å². The van der Waals surface area contributed by atoms with Crippen LogP contribution in [-0.2, 0) is 0 Å². The summed E-state index contributed by atoms with van der Waals surface area (Å²) in [6.45, 7) is 5.58. The van der Waals surface area contributed by atoms with Crippen molar-refractivity contribution in [1.29, 1.82) is 0 Å². The molecule has 1 N–H and O–H groups in total. The van der Waals surface area contributed by atoms with Crippen molar-refractivity contribution in [2.75, 3.05) is 12.4 Å². The molecule has 0 aliphatic heterocycles. The quantitative estimate of drug-likeness (QED) is 0.406. The molecule has 2 aromatic carbocycles. The summed E-state index contributed by atoms with van der Waals surface area (Å²) in [5.74, 6) is 0.601. The van der Waals surface area contributed by atoms with Crippen molar-refractivity contribution in [1.82, 2.24) is 4.98 Å². The Bertz CT molecular complexity index is 1070. The number of hydrogen-bond donors (Lipinski definition) is 2. The van der Waals surface area contributed by atoms with Gasteiger partial charge in [-0.1, -0.05) is 30.9 Å². The van der Waals surface area contributed by atoms with Crippen LogP contribution in [0.3, 0.4) is 0 Å². The Kier molecular flexibility index (Phi) is 6.52. The summed E-state index contributed by atoms with van der Waals surface area (Å²) in [6, 6.07) is 15.2. The van der Waals surface area contributed by atoms with Gasteiger partial charge in [0.05, 0.1) is 7.11 Å². The molecule has 0 spiro atoms. The lowest BCUT2D eigenvalue weighted by Crippen LogP contribution is -2.13. The number of allylic oxidation sites excluding steroid dienone is 2. The number of anilines is 1. The van der Waals surface area contributed by atoms with E-state index in [-0.39, 0.29) is 5.91 Å². The molecule has 3 aromatic rings. The summed E-state index contributed by atoms with van der Waals surface area (Å²) in [6.07, 6.45) is 6.83. The fourth-order valence-corrected chi connectivity index (χ4v) is 3.20. The Morgan fingerprint density at radius 2 is 1.93 bits per heavy atom. The molecule has 5 heteroatoms. The van der Waals surface area contributed by atoms with E-state index in [2.05, 4.69) is 29.5 Å². The second-order valence-electron chi connectivity index (χ2n) is 6.42. The van der Waals surface area contributed by atoms with Crippen molar-refractivity contribution in [3.05, 3.63) is 96.3 Å². The Hall–Kier alpha value is -3.31. The van der Waals surface area contributed by atoms with Crippen LogP contribution in [0.5, 0.6) is 5.75 Å². The number of rotatable bonds is 6. The lowest BCUT2D eigenvalue weighted by Gasteiger charge is -2.12. The zero-order valence-electron chi connectivity index (χ0n) is 16.3. The van der Waals surface area contributed by atoms with Crippen LogP contribution in [0.1, 0.15) is 21.5 Å². The number of amides is 1. The van der Waals surface area contributed by atoms with Gasteiger partial charge in [0.25, 0.3) is 5.91 Å². The summed E-state index contributed by atoms with van der Waals surface area (Å²) < 4.78 is 5.52. The van der Waals surface area contributed by atoms with E-state index in [1.807, 2.05) is 55.5 Å². The fraction of sp³-hybridized carbons (Fsp3) is 0.0833. The molecule has 0 radical (unpaired) electrons. The SMILES string of the molecule is C=C/C=C(\S)c1ccc(OC)c(-c2ccc(NC(=O)c3ccncc3C)cc2)c1. The molecule has 0 aliphatic rings. The van der Waals surface area contributed by atoms with E-state index in [4.69, 9.17) is 4.74 Å². The molecule has 1 heterocycles. The van der Waals surface area contributed by atoms with Crippen molar-refractivity contribution in [2.45, 2.75) is 6.92 Å². The largest absolute Gasteiger partial charge is 0.496 e. The van der Waals surface area contributed by atoms with Gasteiger partial charge in [-0.2, -0.15) is 0 Å². The van der Waals surface area contributed by atoms with Gasteiger partial charge < -0.3 is 10.1 Å². The molecular weight excluding hydrogens is 380 g/mol. The van der Waals surface area contributed by atoms with Gasteiger partial charge in [-0.3, -0.25) is 9.78 Å². The smallest absolute Gasteiger partial charge is 0.256 e. The normalized spacial score (nSPS) is 11.1. The van der Waals surface area contributed by atoms with Crippen LogP contribution in [0.4, 0.5) is 5.69 Å². The average molecular weight is 403 g/mol. The van der Waals surface area contributed by atoms with E-state index in [0.29, 0.717) is 11.3 Å². The lowest BCUT2D eigenvalue weighted by molar-refractivity contribution is 0.102. The van der Waals surface area contributed by atoms with Gasteiger partial charge in [-0.25, -0.2) is 0 Å². The van der Waals surface area contributed by atoms with Crippen molar-refractivity contribution < 1.29 is 9.53 Å². The second kappa shape index (κ2) is 9.26.